The minimum Gasteiger partial charge on any atom is -0.459 e. The number of urea groups is 1. The zero-order chi connectivity index (χ0) is 18.3. The molecular formula is C19H19N5O2. The molecule has 1 aromatic carbocycles. The van der Waals surface area contributed by atoms with Gasteiger partial charge in [0.15, 0.2) is 5.65 Å². The van der Waals surface area contributed by atoms with Gasteiger partial charge in [0.25, 0.3) is 0 Å². The van der Waals surface area contributed by atoms with Gasteiger partial charge in [-0.2, -0.15) is 5.10 Å². The predicted octanol–water partition coefficient (Wildman–Crippen LogP) is 3.69. The molecule has 1 N–H and O–H groups in total. The van der Waals surface area contributed by atoms with E-state index in [0.29, 0.717) is 12.2 Å². The van der Waals surface area contributed by atoms with Crippen LogP contribution in [0.2, 0.25) is 0 Å². The second kappa shape index (κ2) is 6.18. The highest BCUT2D eigenvalue weighted by Gasteiger charge is 2.14. The first-order valence-electron chi connectivity index (χ1n) is 8.30. The van der Waals surface area contributed by atoms with Crippen LogP contribution in [-0.4, -0.2) is 32.7 Å². The number of furan rings is 1. The molecule has 7 heteroatoms. The third-order valence-electron chi connectivity index (χ3n) is 4.33. The zero-order valence-corrected chi connectivity index (χ0v) is 14.9. The van der Waals surface area contributed by atoms with Crippen LogP contribution in [0.3, 0.4) is 0 Å². The van der Waals surface area contributed by atoms with Crippen molar-refractivity contribution in [2.75, 3.05) is 12.4 Å². The monoisotopic (exact) mass is 349 g/mol. The quantitative estimate of drug-likeness (QED) is 0.612. The van der Waals surface area contributed by atoms with Crippen LogP contribution in [0, 0.1) is 6.92 Å². The number of benzene rings is 1. The van der Waals surface area contributed by atoms with Crippen molar-refractivity contribution >= 4 is 33.7 Å². The number of amides is 2. The Morgan fingerprint density at radius 3 is 2.92 bits per heavy atom. The molecule has 132 valence electrons. The molecule has 0 saturated heterocycles. The third kappa shape index (κ3) is 2.88. The highest BCUT2D eigenvalue weighted by Crippen LogP contribution is 2.21. The van der Waals surface area contributed by atoms with Crippen molar-refractivity contribution in [1.82, 2.24) is 19.7 Å². The van der Waals surface area contributed by atoms with E-state index >= 15 is 0 Å². The molecular weight excluding hydrogens is 330 g/mol. The summed E-state index contributed by atoms with van der Waals surface area (Å²) in [6.07, 6.45) is 1.64. The van der Waals surface area contributed by atoms with Gasteiger partial charge in [-0.1, -0.05) is 18.2 Å². The first kappa shape index (κ1) is 16.1. The number of hydrogen-bond donors (Lipinski definition) is 1. The van der Waals surface area contributed by atoms with Gasteiger partial charge in [-0.05, 0) is 25.1 Å². The lowest BCUT2D eigenvalue weighted by atomic mass is 10.2. The van der Waals surface area contributed by atoms with Crippen LogP contribution >= 0.6 is 0 Å². The third-order valence-corrected chi connectivity index (χ3v) is 4.33. The van der Waals surface area contributed by atoms with Crippen LogP contribution in [0.5, 0.6) is 0 Å². The van der Waals surface area contributed by atoms with Crippen molar-refractivity contribution in [2.45, 2.75) is 13.5 Å². The number of hydrogen-bond acceptors (Lipinski definition) is 4. The standard InChI is InChI=1S/C19H19N5O2/c1-12-16-9-14(10-20-18(16)24(3)22-12)21-19(25)23(2)11-15-8-13-6-4-5-7-17(13)26-15/h4-10H,11H2,1-3H3,(H,21,25). The van der Waals surface area contributed by atoms with Crippen molar-refractivity contribution in [3.05, 3.63) is 54.0 Å². The lowest BCUT2D eigenvalue weighted by Crippen LogP contribution is -2.30. The van der Waals surface area contributed by atoms with E-state index in [2.05, 4.69) is 15.4 Å². The molecule has 3 heterocycles. The topological polar surface area (TPSA) is 76.2 Å². The Morgan fingerprint density at radius 1 is 1.31 bits per heavy atom. The number of aryl methyl sites for hydroxylation is 2. The van der Waals surface area contributed by atoms with Gasteiger partial charge in [0.2, 0.25) is 0 Å². The van der Waals surface area contributed by atoms with Gasteiger partial charge >= 0.3 is 6.03 Å². The van der Waals surface area contributed by atoms with Gasteiger partial charge in [0.1, 0.15) is 11.3 Å². The SMILES string of the molecule is Cc1nn(C)c2ncc(NC(=O)N(C)Cc3cc4ccccc4o3)cc12. The summed E-state index contributed by atoms with van der Waals surface area (Å²) in [6, 6.07) is 11.4. The Bertz CT molecular complexity index is 1080. The normalized spacial score (nSPS) is 11.2. The summed E-state index contributed by atoms with van der Waals surface area (Å²) >= 11 is 0. The number of pyridine rings is 1. The fraction of sp³-hybridized carbons (Fsp3) is 0.211. The zero-order valence-electron chi connectivity index (χ0n) is 14.9. The summed E-state index contributed by atoms with van der Waals surface area (Å²) in [5.74, 6) is 0.737. The molecule has 0 aliphatic rings. The summed E-state index contributed by atoms with van der Waals surface area (Å²) < 4.78 is 7.50. The number of fused-ring (bicyclic) bond motifs is 2. The predicted molar refractivity (Wildman–Crippen MR) is 99.9 cm³/mol. The minimum atomic E-state index is -0.229. The summed E-state index contributed by atoms with van der Waals surface area (Å²) in [7, 11) is 3.57. The maximum atomic E-state index is 12.5. The largest absolute Gasteiger partial charge is 0.459 e. The highest BCUT2D eigenvalue weighted by atomic mass is 16.3. The summed E-state index contributed by atoms with van der Waals surface area (Å²) in [4.78, 5) is 18.4. The number of rotatable bonds is 3. The summed E-state index contributed by atoms with van der Waals surface area (Å²) in [5.41, 5.74) is 3.12. The van der Waals surface area contributed by atoms with Crippen LogP contribution in [0.25, 0.3) is 22.0 Å². The Balaban J connectivity index is 1.49. The van der Waals surface area contributed by atoms with Gasteiger partial charge in [0.05, 0.1) is 24.1 Å². The summed E-state index contributed by atoms with van der Waals surface area (Å²) in [6.45, 7) is 2.30. The van der Waals surface area contributed by atoms with E-state index in [1.807, 2.05) is 50.4 Å². The van der Waals surface area contributed by atoms with E-state index in [4.69, 9.17) is 4.42 Å². The van der Waals surface area contributed by atoms with Gasteiger partial charge < -0.3 is 14.6 Å². The van der Waals surface area contributed by atoms with E-state index < -0.39 is 0 Å². The van der Waals surface area contributed by atoms with E-state index in [0.717, 1.165) is 33.5 Å². The number of carbonyl (C=O) groups excluding carboxylic acids is 1. The molecule has 0 fully saturated rings. The molecule has 0 radical (unpaired) electrons. The Kier molecular flexibility index (Phi) is 3.84. The molecule has 4 aromatic rings. The van der Waals surface area contributed by atoms with Crippen LogP contribution in [-0.2, 0) is 13.6 Å². The average molecular weight is 349 g/mol. The Labute approximate surface area is 150 Å². The second-order valence-corrected chi connectivity index (χ2v) is 6.34. The average Bonchev–Trinajstić information content (AvgIpc) is 3.15. The van der Waals surface area contributed by atoms with Gasteiger partial charge in [0, 0.05) is 24.9 Å². The maximum absolute atomic E-state index is 12.5. The van der Waals surface area contributed by atoms with Gasteiger partial charge in [-0.25, -0.2) is 9.78 Å². The lowest BCUT2D eigenvalue weighted by molar-refractivity contribution is 0.217. The molecule has 0 spiro atoms. The van der Waals surface area contributed by atoms with E-state index in [1.54, 1.807) is 22.8 Å². The molecule has 26 heavy (non-hydrogen) atoms. The Hall–Kier alpha value is -3.35. The van der Waals surface area contributed by atoms with E-state index in [1.165, 1.54) is 0 Å². The summed E-state index contributed by atoms with van der Waals surface area (Å²) in [5, 5.41) is 9.16. The number of carbonyl (C=O) groups is 1. The highest BCUT2D eigenvalue weighted by molar-refractivity contribution is 5.92. The van der Waals surface area contributed by atoms with Gasteiger partial charge in [-0.3, -0.25) is 4.68 Å². The number of aromatic nitrogens is 3. The molecule has 7 nitrogen and oxygen atoms in total. The van der Waals surface area contributed by atoms with Crippen LogP contribution in [0.15, 0.2) is 47.0 Å². The molecule has 0 bridgehead atoms. The molecule has 0 aliphatic carbocycles. The fourth-order valence-electron chi connectivity index (χ4n) is 3.02. The van der Waals surface area contributed by atoms with Crippen molar-refractivity contribution in [1.29, 1.82) is 0 Å². The minimum absolute atomic E-state index is 0.229. The number of nitrogens with one attached hydrogen (secondary N) is 1. The van der Waals surface area contributed by atoms with Gasteiger partial charge in [-0.15, -0.1) is 0 Å². The fourth-order valence-corrected chi connectivity index (χ4v) is 3.02. The van der Waals surface area contributed by atoms with E-state index in [-0.39, 0.29) is 6.03 Å². The maximum Gasteiger partial charge on any atom is 0.322 e. The molecule has 4 rings (SSSR count). The number of para-hydroxylation sites is 1. The Morgan fingerprint density at radius 2 is 2.12 bits per heavy atom. The first-order valence-corrected chi connectivity index (χ1v) is 8.30. The molecule has 2 amide bonds. The second-order valence-electron chi connectivity index (χ2n) is 6.34. The number of nitrogens with zero attached hydrogens (tertiary/aromatic N) is 4. The first-order chi connectivity index (χ1) is 12.5. The molecule has 3 aromatic heterocycles. The molecule has 0 aliphatic heterocycles. The smallest absolute Gasteiger partial charge is 0.322 e. The van der Waals surface area contributed by atoms with Crippen molar-refractivity contribution in [3.8, 4) is 0 Å². The number of anilines is 1. The molecule has 0 atom stereocenters. The van der Waals surface area contributed by atoms with Crippen molar-refractivity contribution < 1.29 is 9.21 Å². The van der Waals surface area contributed by atoms with Crippen LogP contribution < -0.4 is 5.32 Å². The lowest BCUT2D eigenvalue weighted by Gasteiger charge is -2.16. The van der Waals surface area contributed by atoms with Crippen LogP contribution in [0.4, 0.5) is 10.5 Å². The molecule has 0 saturated carbocycles. The van der Waals surface area contributed by atoms with Crippen molar-refractivity contribution in [3.63, 3.8) is 0 Å². The van der Waals surface area contributed by atoms with Crippen molar-refractivity contribution in [2.24, 2.45) is 7.05 Å². The molecule has 0 unspecified atom stereocenters. The van der Waals surface area contributed by atoms with Crippen LogP contribution in [0.1, 0.15) is 11.5 Å². The van der Waals surface area contributed by atoms with E-state index in [9.17, 15) is 4.79 Å².